The Labute approximate surface area is 186 Å². The quantitative estimate of drug-likeness (QED) is 0.655. The van der Waals surface area contributed by atoms with Crippen LogP contribution < -0.4 is 14.4 Å². The van der Waals surface area contributed by atoms with Crippen LogP contribution in [0.1, 0.15) is 12.5 Å². The lowest BCUT2D eigenvalue weighted by atomic mass is 10.1. The average Bonchev–Trinajstić information content (AvgIpc) is 3.20. The first-order valence-electron chi connectivity index (χ1n) is 10.0. The maximum atomic E-state index is 12.7. The number of methoxy groups -OCH3 is 1. The summed E-state index contributed by atoms with van der Waals surface area (Å²) in [6.45, 7) is 2.48. The van der Waals surface area contributed by atoms with E-state index in [1.165, 1.54) is 11.8 Å². The topological polar surface area (TPSA) is 85.3 Å². The minimum Gasteiger partial charge on any atom is -0.497 e. The third-order valence-electron chi connectivity index (χ3n) is 5.23. The van der Waals surface area contributed by atoms with E-state index in [2.05, 4.69) is 4.99 Å². The molecular formula is C22H24N2O5S2. The maximum Gasteiger partial charge on any atom is 0.252 e. The van der Waals surface area contributed by atoms with Crippen molar-refractivity contribution in [3.05, 3.63) is 54.1 Å². The lowest BCUT2D eigenvalue weighted by molar-refractivity contribution is -0.117. The van der Waals surface area contributed by atoms with Crippen LogP contribution in [0.4, 0.5) is 5.69 Å². The predicted molar refractivity (Wildman–Crippen MR) is 123 cm³/mol. The van der Waals surface area contributed by atoms with E-state index < -0.39 is 9.84 Å². The van der Waals surface area contributed by atoms with Crippen molar-refractivity contribution in [3.63, 3.8) is 0 Å². The number of hydrogen-bond donors (Lipinski definition) is 0. The SMILES string of the molecule is CCOc1ccc(N2C(=NC(=O)Cc3ccc(OC)cc3)SC3CS(=O)(=O)CC32)cc1. The third-order valence-corrected chi connectivity index (χ3v) is 8.44. The number of thioether (sulfide) groups is 1. The van der Waals surface area contributed by atoms with Crippen molar-refractivity contribution in [2.75, 3.05) is 30.1 Å². The molecule has 7 nitrogen and oxygen atoms in total. The molecule has 0 aromatic heterocycles. The number of fused-ring (bicyclic) bond motifs is 1. The van der Waals surface area contributed by atoms with Crippen LogP contribution in [0.15, 0.2) is 53.5 Å². The van der Waals surface area contributed by atoms with Gasteiger partial charge in [-0.2, -0.15) is 4.99 Å². The molecule has 0 bridgehead atoms. The molecule has 1 amide bonds. The molecule has 2 heterocycles. The molecule has 0 aliphatic carbocycles. The number of amidine groups is 1. The second kappa shape index (κ2) is 8.92. The van der Waals surface area contributed by atoms with Crippen molar-refractivity contribution in [2.24, 2.45) is 4.99 Å². The van der Waals surface area contributed by atoms with Gasteiger partial charge < -0.3 is 14.4 Å². The van der Waals surface area contributed by atoms with Crippen LogP contribution in [-0.4, -0.2) is 56.0 Å². The summed E-state index contributed by atoms with van der Waals surface area (Å²) in [6.07, 6.45) is 0.165. The van der Waals surface area contributed by atoms with Gasteiger partial charge in [0.15, 0.2) is 15.0 Å². The fourth-order valence-electron chi connectivity index (χ4n) is 3.80. The van der Waals surface area contributed by atoms with E-state index in [1.54, 1.807) is 7.11 Å². The van der Waals surface area contributed by atoms with E-state index in [9.17, 15) is 13.2 Å². The van der Waals surface area contributed by atoms with Crippen molar-refractivity contribution in [3.8, 4) is 11.5 Å². The van der Waals surface area contributed by atoms with Gasteiger partial charge in [-0.15, -0.1) is 0 Å². The number of amides is 1. The number of aliphatic imine (C=N–C) groups is 1. The Hall–Kier alpha value is -2.52. The van der Waals surface area contributed by atoms with Gasteiger partial charge in [-0.05, 0) is 48.9 Å². The standard InChI is InChI=1S/C22H24N2O5S2/c1-3-29-18-10-6-16(7-11-18)24-19-13-31(26,27)14-20(19)30-22(24)23-21(25)12-15-4-8-17(28-2)9-5-15/h4-11,19-20H,3,12-14H2,1-2H3. The van der Waals surface area contributed by atoms with Crippen LogP contribution in [0.3, 0.4) is 0 Å². The predicted octanol–water partition coefficient (Wildman–Crippen LogP) is 2.94. The molecule has 2 saturated heterocycles. The molecule has 0 N–H and O–H groups in total. The molecule has 0 spiro atoms. The molecule has 2 aromatic carbocycles. The molecule has 2 aliphatic heterocycles. The van der Waals surface area contributed by atoms with Gasteiger partial charge in [-0.1, -0.05) is 23.9 Å². The van der Waals surface area contributed by atoms with Crippen molar-refractivity contribution >= 4 is 38.4 Å². The monoisotopic (exact) mass is 460 g/mol. The highest BCUT2D eigenvalue weighted by Crippen LogP contribution is 2.41. The molecule has 31 heavy (non-hydrogen) atoms. The Kier molecular flexibility index (Phi) is 6.24. The molecule has 0 radical (unpaired) electrons. The van der Waals surface area contributed by atoms with Gasteiger partial charge in [0.25, 0.3) is 5.91 Å². The molecule has 9 heteroatoms. The molecule has 2 unspecified atom stereocenters. The summed E-state index contributed by atoms with van der Waals surface area (Å²) in [7, 11) is -1.52. The maximum absolute atomic E-state index is 12.7. The summed E-state index contributed by atoms with van der Waals surface area (Å²) in [5, 5.41) is 0.414. The molecule has 0 saturated carbocycles. The molecule has 2 atom stereocenters. The number of hydrogen-bond acceptors (Lipinski definition) is 6. The summed E-state index contributed by atoms with van der Waals surface area (Å²) >= 11 is 1.37. The lowest BCUT2D eigenvalue weighted by Crippen LogP contribution is -2.37. The zero-order chi connectivity index (χ0) is 22.0. The van der Waals surface area contributed by atoms with Crippen molar-refractivity contribution in [1.82, 2.24) is 0 Å². The van der Waals surface area contributed by atoms with Crippen molar-refractivity contribution < 1.29 is 22.7 Å². The molecule has 2 aromatic rings. The Balaban J connectivity index is 1.59. The fraction of sp³-hybridized carbons (Fsp3) is 0.364. The molecule has 164 valence electrons. The summed E-state index contributed by atoms with van der Waals surface area (Å²) in [5.41, 5.74) is 1.64. The van der Waals surface area contributed by atoms with Crippen molar-refractivity contribution in [1.29, 1.82) is 0 Å². The second-order valence-corrected chi connectivity index (χ2v) is 10.8. The van der Waals surface area contributed by atoms with Crippen LogP contribution in [0.5, 0.6) is 11.5 Å². The smallest absolute Gasteiger partial charge is 0.252 e. The fourth-order valence-corrected chi connectivity index (χ4v) is 7.73. The number of ether oxygens (including phenoxy) is 2. The zero-order valence-corrected chi connectivity index (χ0v) is 19.0. The van der Waals surface area contributed by atoms with E-state index in [-0.39, 0.29) is 35.1 Å². The first-order valence-corrected chi connectivity index (χ1v) is 12.7. The molecule has 2 fully saturated rings. The summed E-state index contributed by atoms with van der Waals surface area (Å²) in [6, 6.07) is 14.5. The van der Waals surface area contributed by atoms with E-state index in [0.29, 0.717) is 11.8 Å². The normalized spacial score (nSPS) is 23.0. The largest absolute Gasteiger partial charge is 0.497 e. The summed E-state index contributed by atoms with van der Waals surface area (Å²) in [5.74, 6) is 1.35. The Morgan fingerprint density at radius 3 is 2.42 bits per heavy atom. The Morgan fingerprint density at radius 1 is 1.10 bits per heavy atom. The summed E-state index contributed by atoms with van der Waals surface area (Å²) < 4.78 is 35.1. The highest BCUT2D eigenvalue weighted by molar-refractivity contribution is 8.16. The first-order chi connectivity index (χ1) is 14.9. The van der Waals surface area contributed by atoms with E-state index >= 15 is 0 Å². The van der Waals surface area contributed by atoms with E-state index in [0.717, 1.165) is 22.7 Å². The Morgan fingerprint density at radius 2 is 1.77 bits per heavy atom. The molecule has 4 rings (SSSR count). The van der Waals surface area contributed by atoms with E-state index in [1.807, 2.05) is 60.4 Å². The van der Waals surface area contributed by atoms with Gasteiger partial charge in [0.1, 0.15) is 11.5 Å². The number of carbonyl (C=O) groups excluding carboxylic acids is 1. The number of carbonyl (C=O) groups is 1. The number of anilines is 1. The zero-order valence-electron chi connectivity index (χ0n) is 17.4. The van der Waals surface area contributed by atoms with Gasteiger partial charge in [0, 0.05) is 10.9 Å². The highest BCUT2D eigenvalue weighted by Gasteiger charge is 2.49. The Bertz CT molecular complexity index is 1080. The van der Waals surface area contributed by atoms with Gasteiger partial charge in [0.2, 0.25) is 0 Å². The van der Waals surface area contributed by atoms with Crippen LogP contribution in [0, 0.1) is 0 Å². The first kappa shape index (κ1) is 21.7. The van der Waals surface area contributed by atoms with Gasteiger partial charge in [-0.3, -0.25) is 4.79 Å². The minimum absolute atomic E-state index is 0.0591. The van der Waals surface area contributed by atoms with Gasteiger partial charge in [0.05, 0.1) is 37.7 Å². The second-order valence-electron chi connectivity index (χ2n) is 7.41. The number of nitrogens with zero attached hydrogens (tertiary/aromatic N) is 2. The average molecular weight is 461 g/mol. The van der Waals surface area contributed by atoms with Gasteiger partial charge in [-0.25, -0.2) is 8.42 Å². The molecular weight excluding hydrogens is 436 g/mol. The number of benzene rings is 2. The van der Waals surface area contributed by atoms with Crippen LogP contribution in [-0.2, 0) is 21.1 Å². The van der Waals surface area contributed by atoms with Gasteiger partial charge >= 0.3 is 0 Å². The summed E-state index contributed by atoms with van der Waals surface area (Å²) in [4.78, 5) is 18.9. The molecule has 2 aliphatic rings. The van der Waals surface area contributed by atoms with Crippen LogP contribution in [0.2, 0.25) is 0 Å². The third kappa shape index (κ3) is 4.88. The number of sulfone groups is 1. The lowest BCUT2D eigenvalue weighted by Gasteiger charge is -2.24. The van der Waals surface area contributed by atoms with Crippen LogP contribution in [0.25, 0.3) is 0 Å². The number of rotatable bonds is 6. The van der Waals surface area contributed by atoms with Crippen molar-refractivity contribution in [2.45, 2.75) is 24.6 Å². The highest BCUT2D eigenvalue weighted by atomic mass is 32.2. The van der Waals surface area contributed by atoms with E-state index in [4.69, 9.17) is 9.47 Å². The van der Waals surface area contributed by atoms with Crippen LogP contribution >= 0.6 is 11.8 Å². The minimum atomic E-state index is -3.11.